The van der Waals surface area contributed by atoms with Crippen molar-refractivity contribution >= 4 is 30.2 Å². The van der Waals surface area contributed by atoms with Crippen LogP contribution in [0.15, 0.2) is 47.7 Å². The molecule has 4 atom stereocenters. The van der Waals surface area contributed by atoms with Crippen LogP contribution in [0.25, 0.3) is 0 Å². The van der Waals surface area contributed by atoms with Gasteiger partial charge in [-0.1, -0.05) is 57.0 Å². The van der Waals surface area contributed by atoms with Crippen molar-refractivity contribution in [1.29, 1.82) is 0 Å². The minimum Gasteiger partial charge on any atom is -0.489 e. The summed E-state index contributed by atoms with van der Waals surface area (Å²) in [7, 11) is 3.59. The number of halogens is 1. The molecule has 0 spiro atoms. The van der Waals surface area contributed by atoms with E-state index in [1.54, 1.807) is 7.05 Å². The third kappa shape index (κ3) is 16.4. The molecule has 0 bridgehead atoms. The van der Waals surface area contributed by atoms with Crippen molar-refractivity contribution in [3.05, 3.63) is 58.3 Å². The Labute approximate surface area is 253 Å². The van der Waals surface area contributed by atoms with Crippen LogP contribution in [0.3, 0.4) is 0 Å². The molecule has 0 saturated carbocycles. The van der Waals surface area contributed by atoms with Gasteiger partial charge in [-0.25, -0.2) is 0 Å². The zero-order valence-corrected chi connectivity index (χ0v) is 27.1. The van der Waals surface area contributed by atoms with Crippen LogP contribution < -0.4 is 16.0 Å². The lowest BCUT2D eigenvalue weighted by atomic mass is 9.97. The normalized spacial score (nSPS) is 14.6. The predicted octanol–water partition coefficient (Wildman–Crippen LogP) is 5.44. The van der Waals surface area contributed by atoms with Crippen LogP contribution in [0, 0.1) is 5.92 Å². The van der Waals surface area contributed by atoms with E-state index in [1.165, 1.54) is 10.5 Å². The second-order valence-electron chi connectivity index (χ2n) is 10.3. The number of carbonyl (C=O) groups is 3. The lowest BCUT2D eigenvalue weighted by molar-refractivity contribution is -0.135. The van der Waals surface area contributed by atoms with Gasteiger partial charge in [-0.05, 0) is 82.3 Å². The lowest BCUT2D eigenvalue weighted by Crippen LogP contribution is -2.50. The maximum Gasteiger partial charge on any atom is 0.240 e. The first-order valence-corrected chi connectivity index (χ1v) is 15.0. The van der Waals surface area contributed by atoms with E-state index in [0.717, 1.165) is 48.3 Å². The molecule has 2 amide bonds. The van der Waals surface area contributed by atoms with Gasteiger partial charge in [-0.2, -0.15) is 0 Å². The van der Waals surface area contributed by atoms with Gasteiger partial charge >= 0.3 is 0 Å². The first kappa shape index (κ1) is 38.3. The average molecular weight is 593 g/mol. The lowest BCUT2D eigenvalue weighted by Gasteiger charge is -2.29. The predicted molar refractivity (Wildman–Crippen MR) is 170 cm³/mol. The number of nitrogens with zero attached hydrogens (tertiary/aromatic N) is 1. The number of benzene rings is 1. The molecule has 0 radical (unpaired) electrons. The fraction of sp³-hybridized carbons (Fsp3) is 0.594. The van der Waals surface area contributed by atoms with Gasteiger partial charge in [0, 0.05) is 31.2 Å². The number of carbonyl (C=O) groups excluding carboxylic acids is 3. The molecule has 1 rings (SSSR count). The highest BCUT2D eigenvalue weighted by Crippen LogP contribution is 2.17. The van der Waals surface area contributed by atoms with Crippen molar-refractivity contribution in [3.8, 4) is 0 Å². The maximum atomic E-state index is 12.7. The number of ether oxygens (including phenoxy) is 1. The Morgan fingerprint density at radius 3 is 2.32 bits per heavy atom. The fourth-order valence-electron chi connectivity index (χ4n) is 3.82. The van der Waals surface area contributed by atoms with Gasteiger partial charge < -0.3 is 30.4 Å². The Kier molecular flexibility index (Phi) is 21.4. The number of rotatable bonds is 19. The molecule has 41 heavy (non-hydrogen) atoms. The minimum atomic E-state index is -0.361. The largest absolute Gasteiger partial charge is 0.489 e. The van der Waals surface area contributed by atoms with E-state index in [9.17, 15) is 14.4 Å². The van der Waals surface area contributed by atoms with Crippen molar-refractivity contribution in [2.75, 3.05) is 33.7 Å². The van der Waals surface area contributed by atoms with E-state index in [4.69, 9.17) is 16.3 Å². The molecule has 0 aliphatic heterocycles. The zero-order chi connectivity index (χ0) is 31.2. The Balaban J connectivity index is 0.00000120. The van der Waals surface area contributed by atoms with Crippen LogP contribution in [0.2, 0.25) is 5.02 Å². The first-order chi connectivity index (χ1) is 19.6. The Bertz CT molecular complexity index is 936. The molecular weight excluding hydrogens is 540 g/mol. The van der Waals surface area contributed by atoms with Gasteiger partial charge in [0.25, 0.3) is 0 Å². The summed E-state index contributed by atoms with van der Waals surface area (Å²) in [5.41, 5.74) is 2.39. The molecule has 1 aromatic rings. The Hall–Kier alpha value is -2.68. The van der Waals surface area contributed by atoms with Crippen LogP contribution in [0.5, 0.6) is 0 Å². The first-order valence-electron chi connectivity index (χ1n) is 14.6. The van der Waals surface area contributed by atoms with Gasteiger partial charge in [-0.3, -0.25) is 9.59 Å². The monoisotopic (exact) mass is 592 g/mol. The summed E-state index contributed by atoms with van der Waals surface area (Å²) in [5, 5.41) is 9.96. The van der Waals surface area contributed by atoms with Crippen molar-refractivity contribution in [3.63, 3.8) is 0 Å². The van der Waals surface area contributed by atoms with Crippen molar-refractivity contribution < 1.29 is 19.1 Å². The third-order valence-corrected chi connectivity index (χ3v) is 7.09. The molecule has 0 saturated heterocycles. The molecule has 9 heteroatoms. The summed E-state index contributed by atoms with van der Waals surface area (Å²) < 4.78 is 6.18. The molecule has 3 unspecified atom stereocenters. The fourth-order valence-corrected chi connectivity index (χ4v) is 3.95. The van der Waals surface area contributed by atoms with Crippen molar-refractivity contribution in [2.45, 2.75) is 85.4 Å². The topological polar surface area (TPSA) is 99.8 Å². The van der Waals surface area contributed by atoms with E-state index in [-0.39, 0.29) is 30.5 Å². The van der Waals surface area contributed by atoms with E-state index in [2.05, 4.69) is 35.9 Å². The Morgan fingerprint density at radius 1 is 1.12 bits per heavy atom. The summed E-state index contributed by atoms with van der Waals surface area (Å²) in [6.45, 7) is 13.5. The molecule has 8 nitrogen and oxygen atoms in total. The molecular formula is C32H53ClN4O4. The Morgan fingerprint density at radius 2 is 1.78 bits per heavy atom. The van der Waals surface area contributed by atoms with Crippen molar-refractivity contribution in [1.82, 2.24) is 20.9 Å². The summed E-state index contributed by atoms with van der Waals surface area (Å²) in [5.74, 6) is 0.895. The SMILES string of the molecule is CC/C=C\C(O[C@H](C)CNC(C(=O)N(C)CC=O)C(C)CC)=C(/C)CCCNC=O.CNC(C)c1ccc(Cl)cc1. The second kappa shape index (κ2) is 22.9. The summed E-state index contributed by atoms with van der Waals surface area (Å²) >= 11 is 5.74. The van der Waals surface area contributed by atoms with Crippen LogP contribution in [0.4, 0.5) is 0 Å². The van der Waals surface area contributed by atoms with Crippen LogP contribution in [0.1, 0.15) is 78.8 Å². The van der Waals surface area contributed by atoms with E-state index in [1.807, 2.05) is 65.1 Å². The number of hydrogen-bond donors (Lipinski definition) is 3. The van der Waals surface area contributed by atoms with E-state index >= 15 is 0 Å². The summed E-state index contributed by atoms with van der Waals surface area (Å²) in [4.78, 5) is 35.3. The average Bonchev–Trinajstić information content (AvgIpc) is 2.97. The highest BCUT2D eigenvalue weighted by atomic mass is 35.5. The highest BCUT2D eigenvalue weighted by Gasteiger charge is 2.27. The van der Waals surface area contributed by atoms with Crippen molar-refractivity contribution in [2.24, 2.45) is 5.92 Å². The number of nitrogens with one attached hydrogen (secondary N) is 3. The quantitative estimate of drug-likeness (QED) is 0.0856. The van der Waals surface area contributed by atoms with Gasteiger partial charge in [-0.15, -0.1) is 0 Å². The van der Waals surface area contributed by atoms with Gasteiger partial charge in [0.15, 0.2) is 0 Å². The van der Waals surface area contributed by atoms with Crippen LogP contribution in [-0.2, 0) is 19.1 Å². The molecule has 0 heterocycles. The maximum absolute atomic E-state index is 12.7. The van der Waals surface area contributed by atoms with Gasteiger partial charge in [0.05, 0.1) is 12.6 Å². The van der Waals surface area contributed by atoms with Crippen LogP contribution in [-0.4, -0.2) is 69.4 Å². The number of aldehydes is 1. The molecule has 232 valence electrons. The number of amides is 2. The minimum absolute atomic E-state index is 0.0795. The molecule has 0 fully saturated rings. The standard InChI is InChI=1S/C23H41N3O4.C9H12ClN/c1-7-9-12-21(19(4)11-10-13-24-17-28)30-20(5)16-25-22(18(3)8-2)23(29)26(6)14-15-27;1-7(11-2)8-3-5-9(10)6-4-8/h9,12,15,17-18,20,22,25H,7-8,10-11,13-14,16H2,1-6H3,(H,24,28);3-7,11H,1-2H3/b12-9-,21-19-;/t18?,20-,22?;/m1./s1. The molecule has 0 aliphatic carbocycles. The number of hydrogen-bond acceptors (Lipinski definition) is 6. The smallest absolute Gasteiger partial charge is 0.240 e. The number of likely N-dealkylation sites (N-methyl/N-ethyl adjacent to an activating group) is 1. The zero-order valence-electron chi connectivity index (χ0n) is 26.3. The molecule has 0 aromatic heterocycles. The van der Waals surface area contributed by atoms with E-state index < -0.39 is 0 Å². The third-order valence-electron chi connectivity index (χ3n) is 6.84. The molecule has 0 aliphatic rings. The number of allylic oxidation sites excluding steroid dienone is 3. The van der Waals surface area contributed by atoms with Gasteiger partial charge in [0.2, 0.25) is 12.3 Å². The molecule has 3 N–H and O–H groups in total. The van der Waals surface area contributed by atoms with Gasteiger partial charge in [0.1, 0.15) is 18.1 Å². The summed E-state index contributed by atoms with van der Waals surface area (Å²) in [6, 6.07) is 7.91. The second-order valence-corrected chi connectivity index (χ2v) is 10.7. The summed E-state index contributed by atoms with van der Waals surface area (Å²) in [6.07, 6.45) is 8.80. The highest BCUT2D eigenvalue weighted by molar-refractivity contribution is 6.30. The molecule has 1 aromatic carbocycles. The van der Waals surface area contributed by atoms with Crippen LogP contribution >= 0.6 is 11.6 Å². The van der Waals surface area contributed by atoms with E-state index in [0.29, 0.717) is 25.5 Å².